The molecule has 156 valence electrons. The maximum Gasteiger partial charge on any atom is 0.238 e. The number of hydrogen-bond acceptors (Lipinski definition) is 5. The van der Waals surface area contributed by atoms with Gasteiger partial charge in [-0.15, -0.1) is 0 Å². The van der Waals surface area contributed by atoms with E-state index < -0.39 is 0 Å². The molecule has 0 bridgehead atoms. The Hall–Kier alpha value is -2.73. The molecule has 1 amide bonds. The van der Waals surface area contributed by atoms with Gasteiger partial charge in [-0.1, -0.05) is 13.3 Å². The van der Waals surface area contributed by atoms with Crippen LogP contribution in [0.15, 0.2) is 48.5 Å². The number of amides is 1. The van der Waals surface area contributed by atoms with Crippen molar-refractivity contribution in [3.8, 4) is 11.5 Å². The molecule has 1 aliphatic heterocycles. The van der Waals surface area contributed by atoms with Crippen LogP contribution in [-0.4, -0.2) is 57.2 Å². The summed E-state index contributed by atoms with van der Waals surface area (Å²) >= 11 is 0. The van der Waals surface area contributed by atoms with Gasteiger partial charge in [0.1, 0.15) is 11.5 Å². The zero-order valence-corrected chi connectivity index (χ0v) is 17.4. The summed E-state index contributed by atoms with van der Waals surface area (Å²) in [6, 6.07) is 15.7. The SMILES string of the molecule is CCCCOc1ccc(NC(=O)CN2CCN(c3ccc(OC)cc3)CC2)cc1. The molecule has 0 aliphatic carbocycles. The summed E-state index contributed by atoms with van der Waals surface area (Å²) < 4.78 is 10.9. The number of nitrogens with one attached hydrogen (secondary N) is 1. The van der Waals surface area contributed by atoms with Gasteiger partial charge in [-0.3, -0.25) is 9.69 Å². The molecule has 1 aliphatic rings. The molecule has 2 aromatic rings. The van der Waals surface area contributed by atoms with Gasteiger partial charge in [-0.25, -0.2) is 0 Å². The average Bonchev–Trinajstić information content (AvgIpc) is 2.76. The highest BCUT2D eigenvalue weighted by Gasteiger charge is 2.19. The third-order valence-corrected chi connectivity index (χ3v) is 5.08. The number of carbonyl (C=O) groups excluding carboxylic acids is 1. The van der Waals surface area contributed by atoms with Crippen molar-refractivity contribution in [1.82, 2.24) is 4.90 Å². The van der Waals surface area contributed by atoms with E-state index in [0.717, 1.165) is 62.8 Å². The predicted octanol–water partition coefficient (Wildman–Crippen LogP) is 3.63. The number of methoxy groups -OCH3 is 1. The van der Waals surface area contributed by atoms with Crippen molar-refractivity contribution in [3.63, 3.8) is 0 Å². The molecule has 29 heavy (non-hydrogen) atoms. The Morgan fingerprint density at radius 1 is 0.966 bits per heavy atom. The number of unbranched alkanes of at least 4 members (excludes halogenated alkanes) is 1. The molecule has 0 atom stereocenters. The maximum atomic E-state index is 12.4. The first-order chi connectivity index (χ1) is 14.2. The van der Waals surface area contributed by atoms with Crippen LogP contribution in [0.4, 0.5) is 11.4 Å². The second kappa shape index (κ2) is 10.7. The zero-order valence-electron chi connectivity index (χ0n) is 17.4. The normalized spacial score (nSPS) is 14.5. The molecule has 1 N–H and O–H groups in total. The maximum absolute atomic E-state index is 12.4. The van der Waals surface area contributed by atoms with Crippen LogP contribution in [0.2, 0.25) is 0 Å². The standard InChI is InChI=1S/C23H31N3O3/c1-3-4-17-29-22-9-5-19(6-10-22)24-23(27)18-25-13-15-26(16-14-25)20-7-11-21(28-2)12-8-20/h5-12H,3-4,13-18H2,1-2H3,(H,24,27). The third kappa shape index (κ3) is 6.39. The minimum atomic E-state index is 0.0162. The Morgan fingerprint density at radius 3 is 2.24 bits per heavy atom. The molecular formula is C23H31N3O3. The van der Waals surface area contributed by atoms with E-state index in [1.54, 1.807) is 7.11 Å². The van der Waals surface area contributed by atoms with Crippen molar-refractivity contribution in [3.05, 3.63) is 48.5 Å². The van der Waals surface area contributed by atoms with Crippen molar-refractivity contribution in [2.45, 2.75) is 19.8 Å². The molecule has 0 radical (unpaired) electrons. The number of anilines is 2. The van der Waals surface area contributed by atoms with Crippen molar-refractivity contribution >= 4 is 17.3 Å². The van der Waals surface area contributed by atoms with Gasteiger partial charge in [0.25, 0.3) is 0 Å². The third-order valence-electron chi connectivity index (χ3n) is 5.08. The van der Waals surface area contributed by atoms with E-state index in [1.807, 2.05) is 36.4 Å². The van der Waals surface area contributed by atoms with E-state index in [9.17, 15) is 4.79 Å². The second-order valence-electron chi connectivity index (χ2n) is 7.24. The summed E-state index contributed by atoms with van der Waals surface area (Å²) in [4.78, 5) is 16.9. The van der Waals surface area contributed by atoms with E-state index >= 15 is 0 Å². The topological polar surface area (TPSA) is 54.0 Å². The zero-order chi connectivity index (χ0) is 20.5. The van der Waals surface area contributed by atoms with Crippen molar-refractivity contribution < 1.29 is 14.3 Å². The molecule has 0 saturated carbocycles. The van der Waals surface area contributed by atoms with Crippen molar-refractivity contribution in [2.24, 2.45) is 0 Å². The summed E-state index contributed by atoms with van der Waals surface area (Å²) in [6.45, 7) is 6.82. The molecule has 0 aromatic heterocycles. The minimum absolute atomic E-state index is 0.0162. The minimum Gasteiger partial charge on any atom is -0.497 e. The van der Waals surface area contributed by atoms with Crippen LogP contribution in [0.3, 0.4) is 0 Å². The van der Waals surface area contributed by atoms with Crippen LogP contribution in [0, 0.1) is 0 Å². The average molecular weight is 398 g/mol. The van der Waals surface area contributed by atoms with E-state index in [-0.39, 0.29) is 5.91 Å². The quantitative estimate of drug-likeness (QED) is 0.655. The molecule has 6 nitrogen and oxygen atoms in total. The lowest BCUT2D eigenvalue weighted by atomic mass is 10.2. The summed E-state index contributed by atoms with van der Waals surface area (Å²) in [5.74, 6) is 1.72. The number of piperazine rings is 1. The van der Waals surface area contributed by atoms with Gasteiger partial charge in [-0.2, -0.15) is 0 Å². The lowest BCUT2D eigenvalue weighted by Gasteiger charge is -2.35. The van der Waals surface area contributed by atoms with Crippen molar-refractivity contribution in [1.29, 1.82) is 0 Å². The van der Waals surface area contributed by atoms with Crippen LogP contribution in [0.1, 0.15) is 19.8 Å². The predicted molar refractivity (Wildman–Crippen MR) is 117 cm³/mol. The Labute approximate surface area is 173 Å². The molecule has 6 heteroatoms. The molecule has 0 unspecified atom stereocenters. The Balaban J connectivity index is 1.41. The van der Waals surface area contributed by atoms with Crippen LogP contribution >= 0.6 is 0 Å². The smallest absolute Gasteiger partial charge is 0.238 e. The van der Waals surface area contributed by atoms with E-state index in [4.69, 9.17) is 9.47 Å². The van der Waals surface area contributed by atoms with Crippen LogP contribution in [0.25, 0.3) is 0 Å². The largest absolute Gasteiger partial charge is 0.497 e. The van der Waals surface area contributed by atoms with Crippen LogP contribution in [0.5, 0.6) is 11.5 Å². The molecule has 2 aromatic carbocycles. The molecular weight excluding hydrogens is 366 g/mol. The fourth-order valence-electron chi connectivity index (χ4n) is 3.33. The summed E-state index contributed by atoms with van der Waals surface area (Å²) in [7, 11) is 1.68. The first-order valence-electron chi connectivity index (χ1n) is 10.3. The first kappa shape index (κ1) is 21.0. The molecule has 3 rings (SSSR count). The summed E-state index contributed by atoms with van der Waals surface area (Å²) in [5, 5.41) is 2.98. The van der Waals surface area contributed by atoms with Gasteiger partial charge in [-0.05, 0) is 55.0 Å². The lowest BCUT2D eigenvalue weighted by molar-refractivity contribution is -0.117. The highest BCUT2D eigenvalue weighted by atomic mass is 16.5. The molecule has 0 spiro atoms. The van der Waals surface area contributed by atoms with Gasteiger partial charge in [0.15, 0.2) is 0 Å². The van der Waals surface area contributed by atoms with Gasteiger partial charge in [0, 0.05) is 37.6 Å². The van der Waals surface area contributed by atoms with Gasteiger partial charge in [0.05, 0.1) is 20.3 Å². The molecule has 1 heterocycles. The number of hydrogen-bond donors (Lipinski definition) is 1. The number of ether oxygens (including phenoxy) is 2. The highest BCUT2D eigenvalue weighted by molar-refractivity contribution is 5.92. The van der Waals surface area contributed by atoms with E-state index in [2.05, 4.69) is 34.2 Å². The Morgan fingerprint density at radius 2 is 1.62 bits per heavy atom. The van der Waals surface area contributed by atoms with E-state index in [1.165, 1.54) is 5.69 Å². The number of benzene rings is 2. The van der Waals surface area contributed by atoms with Gasteiger partial charge >= 0.3 is 0 Å². The number of nitrogens with zero attached hydrogens (tertiary/aromatic N) is 2. The monoisotopic (exact) mass is 397 g/mol. The van der Waals surface area contributed by atoms with Gasteiger partial charge < -0.3 is 19.7 Å². The van der Waals surface area contributed by atoms with E-state index in [0.29, 0.717) is 6.54 Å². The Bertz CT molecular complexity index is 754. The van der Waals surface area contributed by atoms with Crippen molar-refractivity contribution in [2.75, 3.05) is 56.7 Å². The van der Waals surface area contributed by atoms with Crippen LogP contribution < -0.4 is 19.7 Å². The summed E-state index contributed by atoms with van der Waals surface area (Å²) in [5.41, 5.74) is 1.99. The van der Waals surface area contributed by atoms with Crippen LogP contribution in [-0.2, 0) is 4.79 Å². The molecule has 1 fully saturated rings. The number of carbonyl (C=O) groups is 1. The fraction of sp³-hybridized carbons (Fsp3) is 0.435. The Kier molecular flexibility index (Phi) is 7.76. The summed E-state index contributed by atoms with van der Waals surface area (Å²) in [6.07, 6.45) is 2.16. The lowest BCUT2D eigenvalue weighted by Crippen LogP contribution is -2.48. The molecule has 1 saturated heterocycles. The highest BCUT2D eigenvalue weighted by Crippen LogP contribution is 2.20. The fourth-order valence-corrected chi connectivity index (χ4v) is 3.33. The van der Waals surface area contributed by atoms with Gasteiger partial charge in [0.2, 0.25) is 5.91 Å². The number of rotatable bonds is 9. The second-order valence-corrected chi connectivity index (χ2v) is 7.24. The first-order valence-corrected chi connectivity index (χ1v) is 10.3.